The summed E-state index contributed by atoms with van der Waals surface area (Å²) in [5.74, 6) is 1.06. The Balaban J connectivity index is 1.80. The van der Waals surface area contributed by atoms with Crippen LogP contribution in [-0.4, -0.2) is 25.2 Å². The highest BCUT2D eigenvalue weighted by Gasteiger charge is 2.12. The van der Waals surface area contributed by atoms with E-state index < -0.39 is 0 Å². The normalized spacial score (nSPS) is 14.5. The van der Waals surface area contributed by atoms with Gasteiger partial charge in [0.05, 0.1) is 6.61 Å². The van der Waals surface area contributed by atoms with Gasteiger partial charge in [-0.05, 0) is 44.0 Å². The van der Waals surface area contributed by atoms with Crippen molar-refractivity contribution >= 4 is 0 Å². The molecule has 0 unspecified atom stereocenters. The van der Waals surface area contributed by atoms with E-state index in [-0.39, 0.29) is 5.54 Å². The third-order valence-corrected chi connectivity index (χ3v) is 2.92. The Morgan fingerprint density at radius 2 is 2.24 bits per heavy atom. The molecule has 0 saturated heterocycles. The van der Waals surface area contributed by atoms with Gasteiger partial charge < -0.3 is 15.8 Å². The van der Waals surface area contributed by atoms with Gasteiger partial charge in [-0.15, -0.1) is 0 Å². The molecule has 1 aliphatic rings. The van der Waals surface area contributed by atoms with Crippen LogP contribution in [0.2, 0.25) is 0 Å². The van der Waals surface area contributed by atoms with Crippen LogP contribution in [0.3, 0.4) is 0 Å². The number of hydrogen-bond acceptors (Lipinski definition) is 3. The van der Waals surface area contributed by atoms with E-state index >= 15 is 0 Å². The zero-order valence-corrected chi connectivity index (χ0v) is 10.8. The molecule has 0 atom stereocenters. The number of fused-ring (bicyclic) bond motifs is 1. The average Bonchev–Trinajstić information content (AvgIpc) is 2.70. The predicted molar refractivity (Wildman–Crippen MR) is 70.5 cm³/mol. The highest BCUT2D eigenvalue weighted by Crippen LogP contribution is 2.25. The van der Waals surface area contributed by atoms with E-state index in [0.29, 0.717) is 0 Å². The van der Waals surface area contributed by atoms with Crippen LogP contribution in [0.1, 0.15) is 25.0 Å². The van der Waals surface area contributed by atoms with E-state index in [2.05, 4.69) is 23.5 Å². The number of rotatable bonds is 5. The molecule has 1 heterocycles. The van der Waals surface area contributed by atoms with Crippen LogP contribution in [0.4, 0.5) is 0 Å². The van der Waals surface area contributed by atoms with Crippen molar-refractivity contribution in [3.63, 3.8) is 0 Å². The summed E-state index contributed by atoms with van der Waals surface area (Å²) < 4.78 is 5.49. The molecule has 3 N–H and O–H groups in total. The minimum absolute atomic E-state index is 0.133. The van der Waals surface area contributed by atoms with Crippen LogP contribution >= 0.6 is 0 Å². The first-order chi connectivity index (χ1) is 8.04. The van der Waals surface area contributed by atoms with Gasteiger partial charge in [-0.2, -0.15) is 0 Å². The summed E-state index contributed by atoms with van der Waals surface area (Å²) in [4.78, 5) is 0. The smallest absolute Gasteiger partial charge is 0.122 e. The fourth-order valence-corrected chi connectivity index (χ4v) is 2.04. The van der Waals surface area contributed by atoms with E-state index in [9.17, 15) is 0 Å². The predicted octanol–water partition coefficient (Wildman–Crippen LogP) is 1.49. The highest BCUT2D eigenvalue weighted by atomic mass is 16.5. The highest BCUT2D eigenvalue weighted by molar-refractivity contribution is 5.39. The third-order valence-electron chi connectivity index (χ3n) is 2.92. The summed E-state index contributed by atoms with van der Waals surface area (Å²) >= 11 is 0. The standard InChI is InChI=1S/C14H22N2O/c1-14(2,15)10-16-7-5-11-3-4-13-12(9-11)6-8-17-13/h3-4,9,16H,5-8,10,15H2,1-2H3. The lowest BCUT2D eigenvalue weighted by atomic mass is 10.1. The van der Waals surface area contributed by atoms with E-state index in [4.69, 9.17) is 10.5 Å². The lowest BCUT2D eigenvalue weighted by Gasteiger charge is -2.18. The summed E-state index contributed by atoms with van der Waals surface area (Å²) in [6, 6.07) is 6.50. The third kappa shape index (κ3) is 3.72. The molecular formula is C14H22N2O. The molecule has 0 radical (unpaired) electrons. The Labute approximate surface area is 103 Å². The maximum absolute atomic E-state index is 5.91. The van der Waals surface area contributed by atoms with E-state index in [1.165, 1.54) is 11.1 Å². The zero-order chi connectivity index (χ0) is 12.3. The van der Waals surface area contributed by atoms with E-state index in [1.807, 2.05) is 13.8 Å². The van der Waals surface area contributed by atoms with Gasteiger partial charge in [-0.25, -0.2) is 0 Å². The van der Waals surface area contributed by atoms with Gasteiger partial charge in [0.25, 0.3) is 0 Å². The number of ether oxygens (including phenoxy) is 1. The first kappa shape index (κ1) is 12.4. The van der Waals surface area contributed by atoms with Crippen LogP contribution in [0.5, 0.6) is 5.75 Å². The lowest BCUT2D eigenvalue weighted by Crippen LogP contribution is -2.43. The second-order valence-corrected chi connectivity index (χ2v) is 5.46. The molecule has 2 rings (SSSR count). The minimum Gasteiger partial charge on any atom is -0.493 e. The van der Waals surface area contributed by atoms with E-state index in [1.54, 1.807) is 0 Å². The Morgan fingerprint density at radius 1 is 1.41 bits per heavy atom. The first-order valence-corrected chi connectivity index (χ1v) is 6.29. The molecule has 1 aromatic carbocycles. The van der Waals surface area contributed by atoms with Crippen molar-refractivity contribution in [3.05, 3.63) is 29.3 Å². The van der Waals surface area contributed by atoms with Crippen LogP contribution in [0.15, 0.2) is 18.2 Å². The fourth-order valence-electron chi connectivity index (χ4n) is 2.04. The summed E-state index contributed by atoms with van der Waals surface area (Å²) in [7, 11) is 0. The topological polar surface area (TPSA) is 47.3 Å². The summed E-state index contributed by atoms with van der Waals surface area (Å²) in [6.07, 6.45) is 2.09. The Bertz CT molecular complexity index is 382. The van der Waals surface area contributed by atoms with Crippen molar-refractivity contribution in [3.8, 4) is 5.75 Å². The molecule has 0 aliphatic carbocycles. The molecule has 0 saturated carbocycles. The van der Waals surface area contributed by atoms with E-state index in [0.717, 1.165) is 38.3 Å². The lowest BCUT2D eigenvalue weighted by molar-refractivity contribution is 0.357. The summed E-state index contributed by atoms with van der Waals surface area (Å²) in [5, 5.41) is 3.39. The van der Waals surface area contributed by atoms with Crippen molar-refractivity contribution < 1.29 is 4.74 Å². The average molecular weight is 234 g/mol. The molecule has 3 nitrogen and oxygen atoms in total. The number of nitrogens with two attached hydrogens (primary N) is 1. The molecule has 17 heavy (non-hydrogen) atoms. The Morgan fingerprint density at radius 3 is 3.00 bits per heavy atom. The maximum atomic E-state index is 5.91. The SMILES string of the molecule is CC(C)(N)CNCCc1ccc2c(c1)CCO2. The maximum Gasteiger partial charge on any atom is 0.122 e. The van der Waals surface area contributed by atoms with Gasteiger partial charge >= 0.3 is 0 Å². The van der Waals surface area contributed by atoms with Crippen LogP contribution in [0.25, 0.3) is 0 Å². The molecule has 0 bridgehead atoms. The van der Waals surface area contributed by atoms with Crippen molar-refractivity contribution in [2.45, 2.75) is 32.2 Å². The molecule has 1 aliphatic heterocycles. The van der Waals surface area contributed by atoms with Crippen molar-refractivity contribution in [2.24, 2.45) is 5.73 Å². The van der Waals surface area contributed by atoms with Crippen LogP contribution in [0, 0.1) is 0 Å². The summed E-state index contributed by atoms with van der Waals surface area (Å²) in [6.45, 7) is 6.72. The van der Waals surface area contributed by atoms with Crippen LogP contribution in [-0.2, 0) is 12.8 Å². The van der Waals surface area contributed by atoms with Crippen molar-refractivity contribution in [2.75, 3.05) is 19.7 Å². The molecule has 1 aromatic rings. The molecular weight excluding hydrogens is 212 g/mol. The molecule has 0 amide bonds. The number of nitrogens with one attached hydrogen (secondary N) is 1. The molecule has 0 fully saturated rings. The Hall–Kier alpha value is -1.06. The monoisotopic (exact) mass is 234 g/mol. The van der Waals surface area contributed by atoms with Gasteiger partial charge in [-0.1, -0.05) is 12.1 Å². The van der Waals surface area contributed by atoms with Gasteiger partial charge in [0.15, 0.2) is 0 Å². The minimum atomic E-state index is -0.133. The van der Waals surface area contributed by atoms with Crippen molar-refractivity contribution in [1.29, 1.82) is 0 Å². The second kappa shape index (κ2) is 5.07. The number of hydrogen-bond donors (Lipinski definition) is 2. The molecule has 0 spiro atoms. The number of benzene rings is 1. The molecule has 94 valence electrons. The summed E-state index contributed by atoms with van der Waals surface area (Å²) in [5.41, 5.74) is 8.50. The molecule has 3 heteroatoms. The van der Waals surface area contributed by atoms with Gasteiger partial charge in [0.1, 0.15) is 5.75 Å². The Kier molecular flexibility index (Phi) is 3.69. The zero-order valence-electron chi connectivity index (χ0n) is 10.8. The van der Waals surface area contributed by atoms with Gasteiger partial charge in [-0.3, -0.25) is 0 Å². The second-order valence-electron chi connectivity index (χ2n) is 5.46. The van der Waals surface area contributed by atoms with Crippen molar-refractivity contribution in [1.82, 2.24) is 5.32 Å². The van der Waals surface area contributed by atoms with Gasteiger partial charge in [0, 0.05) is 18.5 Å². The largest absolute Gasteiger partial charge is 0.493 e. The first-order valence-electron chi connectivity index (χ1n) is 6.29. The van der Waals surface area contributed by atoms with Gasteiger partial charge in [0.2, 0.25) is 0 Å². The van der Waals surface area contributed by atoms with Crippen LogP contribution < -0.4 is 15.8 Å². The quantitative estimate of drug-likeness (QED) is 0.759. The fraction of sp³-hybridized carbons (Fsp3) is 0.571. The molecule has 0 aromatic heterocycles.